The van der Waals surface area contributed by atoms with Crippen LogP contribution in [0.3, 0.4) is 0 Å². The molecule has 0 bridgehead atoms. The molecule has 2 aliphatic heterocycles. The first-order chi connectivity index (χ1) is 11.9. The van der Waals surface area contributed by atoms with E-state index >= 15 is 0 Å². The number of likely N-dealkylation sites (tertiary alicyclic amines) is 2. The Bertz CT molecular complexity index is 427. The Hall–Kier alpha value is -1.02. The van der Waals surface area contributed by atoms with E-state index in [4.69, 9.17) is 0 Å². The molecule has 0 aromatic rings. The molecule has 2 saturated heterocycles. The Balaban J connectivity index is 1.69. The molecule has 0 aromatic heterocycles. The molecule has 0 amide bonds. The maximum atomic E-state index is 12.5. The molecule has 8 heteroatoms. The quantitative estimate of drug-likeness (QED) is 0.560. The molecular weight excluding hydrogens is 331 g/mol. The zero-order valence-electron chi connectivity index (χ0n) is 15.4. The molecule has 0 spiro atoms. The summed E-state index contributed by atoms with van der Waals surface area (Å²) in [5.74, 6) is 0.684. The summed E-state index contributed by atoms with van der Waals surface area (Å²) in [5, 5.41) is 6.56. The van der Waals surface area contributed by atoms with E-state index in [2.05, 4.69) is 27.4 Å². The van der Waals surface area contributed by atoms with Gasteiger partial charge in [-0.15, -0.1) is 0 Å². The maximum absolute atomic E-state index is 12.5. The summed E-state index contributed by atoms with van der Waals surface area (Å²) in [7, 11) is 1.70. The highest BCUT2D eigenvalue weighted by atomic mass is 19.4. The van der Waals surface area contributed by atoms with Gasteiger partial charge in [-0.2, -0.15) is 13.2 Å². The van der Waals surface area contributed by atoms with Crippen molar-refractivity contribution in [3.05, 3.63) is 0 Å². The van der Waals surface area contributed by atoms with E-state index in [1.807, 2.05) is 0 Å². The van der Waals surface area contributed by atoms with Gasteiger partial charge in [0.15, 0.2) is 5.96 Å². The van der Waals surface area contributed by atoms with Crippen LogP contribution in [0.1, 0.15) is 39.0 Å². The lowest BCUT2D eigenvalue weighted by atomic mass is 10.0. The van der Waals surface area contributed by atoms with Crippen molar-refractivity contribution in [2.75, 3.05) is 46.3 Å². The van der Waals surface area contributed by atoms with E-state index in [9.17, 15) is 13.2 Å². The molecule has 146 valence electrons. The van der Waals surface area contributed by atoms with Crippen LogP contribution in [0.4, 0.5) is 13.2 Å². The van der Waals surface area contributed by atoms with Crippen LogP contribution in [0.5, 0.6) is 0 Å². The second kappa shape index (κ2) is 9.62. The maximum Gasteiger partial charge on any atom is 0.401 e. The summed E-state index contributed by atoms with van der Waals surface area (Å²) < 4.78 is 37.4. The van der Waals surface area contributed by atoms with E-state index < -0.39 is 12.7 Å². The molecule has 2 N–H and O–H groups in total. The third kappa shape index (κ3) is 7.01. The van der Waals surface area contributed by atoms with Gasteiger partial charge in [0.05, 0.1) is 6.54 Å². The minimum absolute atomic E-state index is 0.0203. The van der Waals surface area contributed by atoms with Gasteiger partial charge in [-0.3, -0.25) is 14.8 Å². The lowest BCUT2D eigenvalue weighted by molar-refractivity contribution is -0.143. The topological polar surface area (TPSA) is 42.9 Å². The molecule has 25 heavy (non-hydrogen) atoms. The van der Waals surface area contributed by atoms with Crippen LogP contribution in [-0.2, 0) is 0 Å². The van der Waals surface area contributed by atoms with Crippen molar-refractivity contribution in [3.8, 4) is 0 Å². The number of aliphatic imine (C=N–C) groups is 1. The fraction of sp³-hybridized carbons (Fsp3) is 0.941. The van der Waals surface area contributed by atoms with E-state index in [0.29, 0.717) is 31.5 Å². The molecule has 2 fully saturated rings. The Morgan fingerprint density at radius 2 is 2.00 bits per heavy atom. The van der Waals surface area contributed by atoms with Gasteiger partial charge in [0.2, 0.25) is 0 Å². The molecule has 0 aromatic carbocycles. The number of nitrogens with zero attached hydrogens (tertiary/aromatic N) is 3. The normalized spacial score (nSPS) is 26.8. The first-order valence-electron chi connectivity index (χ1n) is 9.41. The first kappa shape index (κ1) is 20.3. The number of hydrogen-bond acceptors (Lipinski definition) is 3. The molecule has 5 nitrogen and oxygen atoms in total. The van der Waals surface area contributed by atoms with Crippen LogP contribution in [0.2, 0.25) is 0 Å². The lowest BCUT2D eigenvalue weighted by Crippen LogP contribution is -2.48. The second-order valence-corrected chi connectivity index (χ2v) is 7.07. The molecule has 2 unspecified atom stereocenters. The fourth-order valence-electron chi connectivity index (χ4n) is 3.87. The largest absolute Gasteiger partial charge is 0.401 e. The van der Waals surface area contributed by atoms with Crippen molar-refractivity contribution >= 4 is 5.96 Å². The van der Waals surface area contributed by atoms with Crippen molar-refractivity contribution in [1.29, 1.82) is 0 Å². The van der Waals surface area contributed by atoms with Gasteiger partial charge in [-0.25, -0.2) is 0 Å². The third-order valence-electron chi connectivity index (χ3n) is 5.15. The average molecular weight is 363 g/mol. The molecule has 0 radical (unpaired) electrons. The number of alkyl halides is 3. The summed E-state index contributed by atoms with van der Waals surface area (Å²) >= 11 is 0. The van der Waals surface area contributed by atoms with Gasteiger partial charge in [0.25, 0.3) is 0 Å². The highest BCUT2D eigenvalue weighted by molar-refractivity contribution is 5.80. The van der Waals surface area contributed by atoms with Crippen LogP contribution < -0.4 is 10.6 Å². The van der Waals surface area contributed by atoms with E-state index in [0.717, 1.165) is 19.6 Å². The minimum Gasteiger partial charge on any atom is -0.355 e. The van der Waals surface area contributed by atoms with Gasteiger partial charge in [0.1, 0.15) is 0 Å². The third-order valence-corrected chi connectivity index (χ3v) is 5.15. The van der Waals surface area contributed by atoms with Crippen LogP contribution >= 0.6 is 0 Å². The number of nitrogens with one attached hydrogen (secondary N) is 2. The summed E-state index contributed by atoms with van der Waals surface area (Å²) in [5.41, 5.74) is 0. The van der Waals surface area contributed by atoms with Gasteiger partial charge >= 0.3 is 6.18 Å². The van der Waals surface area contributed by atoms with E-state index in [1.165, 1.54) is 30.6 Å². The van der Waals surface area contributed by atoms with Crippen LogP contribution in [0, 0.1) is 0 Å². The smallest absolute Gasteiger partial charge is 0.355 e. The molecule has 2 atom stereocenters. The molecule has 0 aliphatic carbocycles. The predicted octanol–water partition coefficient (Wildman–Crippen LogP) is 2.05. The van der Waals surface area contributed by atoms with Crippen molar-refractivity contribution in [1.82, 2.24) is 20.4 Å². The Morgan fingerprint density at radius 1 is 1.20 bits per heavy atom. The van der Waals surface area contributed by atoms with Crippen molar-refractivity contribution in [2.24, 2.45) is 4.99 Å². The number of piperidine rings is 1. The summed E-state index contributed by atoms with van der Waals surface area (Å²) in [6.07, 6.45) is 1.63. The Morgan fingerprint density at radius 3 is 2.68 bits per heavy atom. The summed E-state index contributed by atoms with van der Waals surface area (Å²) in [6.45, 7) is 5.22. The number of halogens is 3. The predicted molar refractivity (Wildman–Crippen MR) is 94.9 cm³/mol. The van der Waals surface area contributed by atoms with Crippen LogP contribution in [0.15, 0.2) is 4.99 Å². The minimum atomic E-state index is -4.13. The monoisotopic (exact) mass is 363 g/mol. The summed E-state index contributed by atoms with van der Waals surface area (Å²) in [6, 6.07) is 0.697. The molecule has 2 aliphatic rings. The van der Waals surface area contributed by atoms with E-state index in [1.54, 1.807) is 7.05 Å². The number of rotatable bonds is 6. The number of guanidine groups is 1. The van der Waals surface area contributed by atoms with Crippen molar-refractivity contribution in [3.63, 3.8) is 0 Å². The molecule has 2 rings (SSSR count). The molecular formula is C17H32F3N5. The number of hydrogen-bond donors (Lipinski definition) is 2. The van der Waals surface area contributed by atoms with Gasteiger partial charge in [-0.1, -0.05) is 13.3 Å². The van der Waals surface area contributed by atoms with E-state index in [-0.39, 0.29) is 6.04 Å². The van der Waals surface area contributed by atoms with Crippen LogP contribution in [-0.4, -0.2) is 80.3 Å². The Kier molecular flexibility index (Phi) is 7.81. The zero-order chi connectivity index (χ0) is 18.3. The zero-order valence-corrected chi connectivity index (χ0v) is 15.4. The van der Waals surface area contributed by atoms with Crippen molar-refractivity contribution in [2.45, 2.75) is 57.3 Å². The molecule has 2 heterocycles. The average Bonchev–Trinajstić information content (AvgIpc) is 2.99. The lowest BCUT2D eigenvalue weighted by Gasteiger charge is -2.35. The van der Waals surface area contributed by atoms with Crippen molar-refractivity contribution < 1.29 is 13.2 Å². The first-order valence-corrected chi connectivity index (χ1v) is 9.41. The summed E-state index contributed by atoms with van der Waals surface area (Å²) in [4.78, 5) is 8.19. The van der Waals surface area contributed by atoms with Gasteiger partial charge in [-0.05, 0) is 32.2 Å². The Labute approximate surface area is 149 Å². The second-order valence-electron chi connectivity index (χ2n) is 7.07. The highest BCUT2D eigenvalue weighted by Crippen LogP contribution is 2.20. The van der Waals surface area contributed by atoms with Gasteiger partial charge in [0, 0.05) is 45.3 Å². The van der Waals surface area contributed by atoms with Gasteiger partial charge < -0.3 is 10.6 Å². The highest BCUT2D eigenvalue weighted by Gasteiger charge is 2.34. The molecule has 0 saturated carbocycles. The fourth-order valence-corrected chi connectivity index (χ4v) is 3.87. The van der Waals surface area contributed by atoms with Crippen LogP contribution in [0.25, 0.3) is 0 Å². The SMILES string of the molecule is CCC1CCCCN1CCNC(=NC)NC1CCN(CC(F)(F)F)C1. The standard InChI is InChI=1S/C17H32F3N5/c1-3-15-6-4-5-9-25(15)11-8-22-16(21-2)23-14-7-10-24(12-14)13-17(18,19)20/h14-15H,3-13H2,1-2H3,(H2,21,22,23).